The van der Waals surface area contributed by atoms with Crippen molar-refractivity contribution in [2.45, 2.75) is 33.7 Å². The highest BCUT2D eigenvalue weighted by atomic mass is 32.1. The van der Waals surface area contributed by atoms with Crippen LogP contribution in [-0.4, -0.2) is 20.4 Å². The van der Waals surface area contributed by atoms with Gasteiger partial charge in [-0.2, -0.15) is 0 Å². The molecule has 0 saturated carbocycles. The second-order valence-electron chi connectivity index (χ2n) is 6.70. The van der Waals surface area contributed by atoms with Crippen molar-refractivity contribution in [3.05, 3.63) is 63.8 Å². The molecule has 0 spiro atoms. The highest BCUT2D eigenvalue weighted by Crippen LogP contribution is 2.28. The molecular formula is C21H20N4O2S. The van der Waals surface area contributed by atoms with Crippen LogP contribution in [0.15, 0.2) is 41.3 Å². The summed E-state index contributed by atoms with van der Waals surface area (Å²) in [5.41, 5.74) is 3.35. The van der Waals surface area contributed by atoms with Crippen LogP contribution in [-0.2, 0) is 17.8 Å². The molecule has 1 aromatic carbocycles. The van der Waals surface area contributed by atoms with E-state index < -0.39 is 0 Å². The molecule has 0 aliphatic carbocycles. The van der Waals surface area contributed by atoms with Crippen LogP contribution in [0, 0.1) is 13.8 Å². The van der Waals surface area contributed by atoms with E-state index in [1.54, 1.807) is 6.20 Å². The zero-order valence-electron chi connectivity index (χ0n) is 15.9. The third-order valence-electron chi connectivity index (χ3n) is 4.93. The van der Waals surface area contributed by atoms with Crippen LogP contribution in [0.5, 0.6) is 0 Å². The van der Waals surface area contributed by atoms with Gasteiger partial charge in [-0.15, -0.1) is 11.3 Å². The Hall–Kier alpha value is -3.06. The van der Waals surface area contributed by atoms with Gasteiger partial charge in [-0.1, -0.05) is 19.1 Å². The molecule has 142 valence electrons. The molecule has 4 aromatic rings. The standard InChI is InChI=1S/C21H20N4O2S/c1-4-16-24-18-14-8-6-10-22-20(14)28-19(18)21(27)25(16)11-17(26)23-15-9-5-7-12(2)13(15)3/h5-10H,4,11H2,1-3H3,(H,23,26). The molecule has 7 heteroatoms. The lowest BCUT2D eigenvalue weighted by Gasteiger charge is -2.13. The minimum atomic E-state index is -0.245. The van der Waals surface area contributed by atoms with E-state index in [1.165, 1.54) is 15.9 Å². The van der Waals surface area contributed by atoms with Crippen LogP contribution in [0.2, 0.25) is 0 Å². The molecule has 0 aliphatic heterocycles. The van der Waals surface area contributed by atoms with E-state index in [9.17, 15) is 9.59 Å². The van der Waals surface area contributed by atoms with Gasteiger partial charge in [0.05, 0.1) is 5.52 Å². The van der Waals surface area contributed by atoms with Gasteiger partial charge in [0.25, 0.3) is 5.56 Å². The number of thiophene rings is 1. The summed E-state index contributed by atoms with van der Waals surface area (Å²) in [5, 5.41) is 3.79. The van der Waals surface area contributed by atoms with Crippen molar-refractivity contribution in [2.75, 3.05) is 5.32 Å². The second-order valence-corrected chi connectivity index (χ2v) is 7.70. The van der Waals surface area contributed by atoms with Crippen molar-refractivity contribution >= 4 is 43.4 Å². The van der Waals surface area contributed by atoms with Crippen molar-refractivity contribution in [3.8, 4) is 0 Å². The predicted molar refractivity (Wildman–Crippen MR) is 113 cm³/mol. The summed E-state index contributed by atoms with van der Waals surface area (Å²) >= 11 is 1.32. The summed E-state index contributed by atoms with van der Waals surface area (Å²) in [5.74, 6) is 0.350. The fourth-order valence-corrected chi connectivity index (χ4v) is 4.29. The molecule has 0 fully saturated rings. The molecule has 0 aliphatic rings. The number of amides is 1. The van der Waals surface area contributed by atoms with Crippen LogP contribution >= 0.6 is 11.3 Å². The Balaban J connectivity index is 1.74. The van der Waals surface area contributed by atoms with Crippen LogP contribution in [0.3, 0.4) is 0 Å². The average Bonchev–Trinajstić information content (AvgIpc) is 3.06. The van der Waals surface area contributed by atoms with E-state index in [0.717, 1.165) is 27.0 Å². The minimum absolute atomic E-state index is 0.0694. The number of rotatable bonds is 4. The molecule has 0 saturated heterocycles. The first-order chi connectivity index (χ1) is 13.5. The van der Waals surface area contributed by atoms with Gasteiger partial charge >= 0.3 is 0 Å². The Morgan fingerprint density at radius 1 is 1.21 bits per heavy atom. The second kappa shape index (κ2) is 7.16. The van der Waals surface area contributed by atoms with Gasteiger partial charge in [0.1, 0.15) is 21.9 Å². The number of aryl methyl sites for hydroxylation is 2. The largest absolute Gasteiger partial charge is 0.324 e. The third kappa shape index (κ3) is 3.07. The van der Waals surface area contributed by atoms with Crippen molar-refractivity contribution in [2.24, 2.45) is 0 Å². The lowest BCUT2D eigenvalue weighted by molar-refractivity contribution is -0.116. The van der Waals surface area contributed by atoms with Crippen LogP contribution < -0.4 is 10.9 Å². The van der Waals surface area contributed by atoms with Crippen LogP contribution in [0.4, 0.5) is 5.69 Å². The maximum absolute atomic E-state index is 13.1. The zero-order chi connectivity index (χ0) is 19.8. The molecule has 6 nitrogen and oxygen atoms in total. The number of nitrogens with one attached hydrogen (secondary N) is 1. The van der Waals surface area contributed by atoms with Crippen molar-refractivity contribution in [3.63, 3.8) is 0 Å². The third-order valence-corrected chi connectivity index (χ3v) is 6.02. The van der Waals surface area contributed by atoms with Gasteiger partial charge in [0.2, 0.25) is 5.91 Å². The number of benzene rings is 1. The summed E-state index contributed by atoms with van der Waals surface area (Å²) in [6, 6.07) is 9.52. The summed E-state index contributed by atoms with van der Waals surface area (Å²) in [7, 11) is 0. The maximum atomic E-state index is 13.1. The smallest absolute Gasteiger partial charge is 0.272 e. The molecule has 1 N–H and O–H groups in total. The molecule has 0 bridgehead atoms. The molecule has 0 unspecified atom stereocenters. The number of pyridine rings is 1. The lowest BCUT2D eigenvalue weighted by Crippen LogP contribution is -2.30. The lowest BCUT2D eigenvalue weighted by atomic mass is 10.1. The quantitative estimate of drug-likeness (QED) is 0.573. The normalized spacial score (nSPS) is 11.2. The first kappa shape index (κ1) is 18.3. The molecule has 28 heavy (non-hydrogen) atoms. The number of hydrogen-bond donors (Lipinski definition) is 1. The minimum Gasteiger partial charge on any atom is -0.324 e. The fraction of sp³-hybridized carbons (Fsp3) is 0.238. The molecule has 3 heterocycles. The summed E-state index contributed by atoms with van der Waals surface area (Å²) in [4.78, 5) is 35.6. The summed E-state index contributed by atoms with van der Waals surface area (Å²) < 4.78 is 2.00. The number of hydrogen-bond acceptors (Lipinski definition) is 5. The molecule has 4 rings (SSSR count). The van der Waals surface area contributed by atoms with Crippen LogP contribution in [0.25, 0.3) is 20.4 Å². The van der Waals surface area contributed by atoms with Crippen molar-refractivity contribution < 1.29 is 4.79 Å². The van der Waals surface area contributed by atoms with E-state index in [4.69, 9.17) is 0 Å². The zero-order valence-corrected chi connectivity index (χ0v) is 16.8. The first-order valence-corrected chi connectivity index (χ1v) is 9.94. The number of carbonyl (C=O) groups excluding carboxylic acids is 1. The van der Waals surface area contributed by atoms with E-state index in [-0.39, 0.29) is 18.0 Å². The van der Waals surface area contributed by atoms with E-state index in [1.807, 2.05) is 51.1 Å². The maximum Gasteiger partial charge on any atom is 0.272 e. The Morgan fingerprint density at radius 2 is 2.04 bits per heavy atom. The molecule has 0 atom stereocenters. The SMILES string of the molecule is CCc1nc2c(sc3ncccc32)c(=O)n1CC(=O)Nc1cccc(C)c1C. The highest BCUT2D eigenvalue weighted by Gasteiger charge is 2.17. The fourth-order valence-electron chi connectivity index (χ4n) is 3.26. The van der Waals surface area contributed by atoms with Crippen molar-refractivity contribution in [1.82, 2.24) is 14.5 Å². The van der Waals surface area contributed by atoms with E-state index in [0.29, 0.717) is 22.5 Å². The number of anilines is 1. The van der Waals surface area contributed by atoms with Crippen molar-refractivity contribution in [1.29, 1.82) is 0 Å². The first-order valence-electron chi connectivity index (χ1n) is 9.12. The van der Waals surface area contributed by atoms with E-state index in [2.05, 4.69) is 15.3 Å². The van der Waals surface area contributed by atoms with Gasteiger partial charge in [-0.25, -0.2) is 9.97 Å². The van der Waals surface area contributed by atoms with E-state index >= 15 is 0 Å². The highest BCUT2D eigenvalue weighted by molar-refractivity contribution is 7.25. The number of nitrogens with zero attached hydrogens (tertiary/aromatic N) is 3. The molecule has 3 aromatic heterocycles. The Morgan fingerprint density at radius 3 is 2.82 bits per heavy atom. The summed E-state index contributed by atoms with van der Waals surface area (Å²) in [6.07, 6.45) is 2.26. The van der Waals surface area contributed by atoms with Gasteiger partial charge in [0.15, 0.2) is 0 Å². The monoisotopic (exact) mass is 392 g/mol. The van der Waals surface area contributed by atoms with Crippen LogP contribution in [0.1, 0.15) is 23.9 Å². The van der Waals surface area contributed by atoms with Gasteiger partial charge in [-0.05, 0) is 43.2 Å². The average molecular weight is 392 g/mol. The Bertz CT molecular complexity index is 1270. The van der Waals surface area contributed by atoms with Gasteiger partial charge in [0, 0.05) is 23.7 Å². The van der Waals surface area contributed by atoms with Gasteiger partial charge < -0.3 is 5.32 Å². The topological polar surface area (TPSA) is 76.9 Å². The Kier molecular flexibility index (Phi) is 4.68. The predicted octanol–water partition coefficient (Wildman–Crippen LogP) is 3.82. The number of aromatic nitrogens is 3. The molecule has 1 amide bonds. The number of carbonyl (C=O) groups is 1. The number of fused-ring (bicyclic) bond motifs is 3. The summed E-state index contributed by atoms with van der Waals surface area (Å²) in [6.45, 7) is 5.82. The molecular weight excluding hydrogens is 372 g/mol. The van der Waals surface area contributed by atoms with Gasteiger partial charge in [-0.3, -0.25) is 14.2 Å². The molecule has 0 radical (unpaired) electrons. The Labute approximate surface area is 165 Å².